The van der Waals surface area contributed by atoms with E-state index in [9.17, 15) is 23.2 Å². The van der Waals surface area contributed by atoms with Crippen molar-refractivity contribution in [2.75, 3.05) is 27.3 Å². The van der Waals surface area contributed by atoms with Gasteiger partial charge in [0.25, 0.3) is 5.91 Å². The molecule has 0 radical (unpaired) electrons. The number of benzene rings is 1. The number of ether oxygens (including phenoxy) is 3. The summed E-state index contributed by atoms with van der Waals surface area (Å²) < 4.78 is 38.4. The van der Waals surface area contributed by atoms with Gasteiger partial charge in [0, 0.05) is 13.1 Å². The second-order valence-corrected chi connectivity index (χ2v) is 4.68. The molecule has 1 aromatic carbocycles. The Kier molecular flexibility index (Phi) is 8.55. The highest BCUT2D eigenvalue weighted by Crippen LogP contribution is 2.29. The molecule has 0 aromatic heterocycles. The van der Waals surface area contributed by atoms with Gasteiger partial charge in [-0.15, -0.1) is 0 Å². The summed E-state index contributed by atoms with van der Waals surface area (Å²) in [5.74, 6) is -1.90. The Balaban J connectivity index is 2.54. The number of hydrogen-bond donors (Lipinski definition) is 2. The number of rotatable bonds is 9. The summed E-state index contributed by atoms with van der Waals surface area (Å²) in [5.41, 5.74) is 0.462. The lowest BCUT2D eigenvalue weighted by Crippen LogP contribution is -2.37. The molecule has 1 aromatic rings. The van der Waals surface area contributed by atoms with Gasteiger partial charge in [0.15, 0.2) is 18.1 Å². The van der Waals surface area contributed by atoms with Crippen molar-refractivity contribution in [2.24, 2.45) is 0 Å². The smallest absolute Gasteiger partial charge is 0.387 e. The minimum Gasteiger partial charge on any atom is -0.493 e. The molecule has 0 aliphatic heterocycles. The number of alkyl halides is 2. The van der Waals surface area contributed by atoms with Crippen molar-refractivity contribution in [1.82, 2.24) is 10.6 Å². The Labute approximate surface area is 148 Å². The fourth-order valence-electron chi connectivity index (χ4n) is 1.65. The maximum atomic E-state index is 12.3. The Hall–Kier alpha value is -3.17. The maximum Gasteiger partial charge on any atom is 0.387 e. The monoisotopic (exact) mass is 372 g/mol. The third-order valence-electron chi connectivity index (χ3n) is 2.89. The van der Waals surface area contributed by atoms with Gasteiger partial charge in [0.1, 0.15) is 0 Å². The van der Waals surface area contributed by atoms with E-state index in [1.54, 1.807) is 0 Å². The second-order valence-electron chi connectivity index (χ2n) is 4.68. The Morgan fingerprint density at radius 1 is 1.19 bits per heavy atom. The molecule has 0 bridgehead atoms. The summed E-state index contributed by atoms with van der Waals surface area (Å²) in [6.45, 7) is -3.77. The highest BCUT2D eigenvalue weighted by atomic mass is 19.3. The van der Waals surface area contributed by atoms with Crippen molar-refractivity contribution in [3.8, 4) is 11.5 Å². The molecule has 142 valence electrons. The van der Waals surface area contributed by atoms with Crippen LogP contribution in [0.15, 0.2) is 24.3 Å². The molecular formula is C16H18F2N2O6. The largest absolute Gasteiger partial charge is 0.493 e. The summed E-state index contributed by atoms with van der Waals surface area (Å²) in [6.07, 6.45) is 2.40. The molecular weight excluding hydrogens is 354 g/mol. The molecule has 0 saturated carbocycles. The standard InChI is InChI=1S/C16H18F2N2O6/c1-19-13(21)8-20-14(22)9-25-15(23)6-4-10-3-5-11(26-16(17)18)12(7-10)24-2/h3-7,16H,8-9H2,1-2H3,(H,19,21)(H,20,22)/b6-4+. The summed E-state index contributed by atoms with van der Waals surface area (Å²) in [5, 5.41) is 4.57. The third-order valence-corrected chi connectivity index (χ3v) is 2.89. The Morgan fingerprint density at radius 3 is 2.54 bits per heavy atom. The fourth-order valence-corrected chi connectivity index (χ4v) is 1.65. The van der Waals surface area contributed by atoms with Gasteiger partial charge in [-0.05, 0) is 23.8 Å². The predicted octanol–water partition coefficient (Wildman–Crippen LogP) is 0.715. The van der Waals surface area contributed by atoms with Crippen LogP contribution in [0, 0.1) is 0 Å². The highest BCUT2D eigenvalue weighted by Gasteiger charge is 2.11. The van der Waals surface area contributed by atoms with Crippen molar-refractivity contribution >= 4 is 23.9 Å². The van der Waals surface area contributed by atoms with E-state index >= 15 is 0 Å². The van der Waals surface area contributed by atoms with E-state index in [0.717, 1.165) is 6.08 Å². The molecule has 0 heterocycles. The summed E-state index contributed by atoms with van der Waals surface area (Å²) >= 11 is 0. The van der Waals surface area contributed by atoms with E-state index in [1.165, 1.54) is 38.4 Å². The van der Waals surface area contributed by atoms with Crippen molar-refractivity contribution in [2.45, 2.75) is 6.61 Å². The molecule has 0 aliphatic carbocycles. The number of carbonyl (C=O) groups excluding carboxylic acids is 3. The zero-order chi connectivity index (χ0) is 19.5. The number of halogens is 2. The lowest BCUT2D eigenvalue weighted by atomic mass is 10.2. The van der Waals surface area contributed by atoms with Crippen LogP contribution >= 0.6 is 0 Å². The first-order valence-electron chi connectivity index (χ1n) is 7.30. The molecule has 0 aliphatic rings. The number of esters is 1. The average molecular weight is 372 g/mol. The van der Waals surface area contributed by atoms with Crippen LogP contribution in [0.25, 0.3) is 6.08 Å². The maximum absolute atomic E-state index is 12.3. The lowest BCUT2D eigenvalue weighted by Gasteiger charge is -2.10. The molecule has 8 nitrogen and oxygen atoms in total. The van der Waals surface area contributed by atoms with Crippen LogP contribution in [0.1, 0.15) is 5.56 Å². The summed E-state index contributed by atoms with van der Waals surface area (Å²) in [6, 6.07) is 4.08. The molecule has 0 fully saturated rings. The van der Waals surface area contributed by atoms with Gasteiger partial charge in [-0.1, -0.05) is 6.07 Å². The van der Waals surface area contributed by atoms with Gasteiger partial charge in [-0.3, -0.25) is 9.59 Å². The normalized spacial score (nSPS) is 10.5. The van der Waals surface area contributed by atoms with Crippen LogP contribution in [0.5, 0.6) is 11.5 Å². The van der Waals surface area contributed by atoms with Crippen LogP contribution in [-0.2, 0) is 19.1 Å². The van der Waals surface area contributed by atoms with Crippen molar-refractivity contribution in [1.29, 1.82) is 0 Å². The zero-order valence-corrected chi connectivity index (χ0v) is 14.1. The zero-order valence-electron chi connectivity index (χ0n) is 14.1. The van der Waals surface area contributed by atoms with E-state index in [0.29, 0.717) is 5.56 Å². The van der Waals surface area contributed by atoms with E-state index in [-0.39, 0.29) is 18.0 Å². The molecule has 1 rings (SSSR count). The van der Waals surface area contributed by atoms with Gasteiger partial charge in [0.05, 0.1) is 13.7 Å². The average Bonchev–Trinajstić information content (AvgIpc) is 2.62. The van der Waals surface area contributed by atoms with E-state index in [1.807, 2.05) is 0 Å². The van der Waals surface area contributed by atoms with E-state index < -0.39 is 31.0 Å². The highest BCUT2D eigenvalue weighted by molar-refractivity contribution is 5.90. The molecule has 0 atom stereocenters. The first-order chi connectivity index (χ1) is 12.3. The minimum absolute atomic E-state index is 0.0643. The Bertz CT molecular complexity index is 679. The molecule has 2 amide bonds. The van der Waals surface area contributed by atoms with Crippen LogP contribution in [0.3, 0.4) is 0 Å². The number of hydrogen-bond acceptors (Lipinski definition) is 6. The van der Waals surface area contributed by atoms with Gasteiger partial charge in [0.2, 0.25) is 5.91 Å². The van der Waals surface area contributed by atoms with Gasteiger partial charge in [-0.25, -0.2) is 4.79 Å². The van der Waals surface area contributed by atoms with E-state index in [4.69, 9.17) is 9.47 Å². The second kappa shape index (κ2) is 10.6. The number of amides is 2. The molecule has 26 heavy (non-hydrogen) atoms. The Morgan fingerprint density at radius 2 is 1.92 bits per heavy atom. The molecule has 2 N–H and O–H groups in total. The molecule has 10 heteroatoms. The van der Waals surface area contributed by atoms with E-state index in [2.05, 4.69) is 15.4 Å². The van der Waals surface area contributed by atoms with Crippen molar-refractivity contribution in [3.05, 3.63) is 29.8 Å². The number of methoxy groups -OCH3 is 1. The topological polar surface area (TPSA) is 103 Å². The minimum atomic E-state index is -2.99. The van der Waals surface area contributed by atoms with Crippen molar-refractivity contribution < 1.29 is 37.4 Å². The van der Waals surface area contributed by atoms with Crippen LogP contribution in [0.4, 0.5) is 8.78 Å². The SMILES string of the molecule is CNC(=O)CNC(=O)COC(=O)/C=C/c1ccc(OC(F)F)c(OC)c1. The van der Waals surface area contributed by atoms with Crippen LogP contribution < -0.4 is 20.1 Å². The first-order valence-corrected chi connectivity index (χ1v) is 7.30. The lowest BCUT2D eigenvalue weighted by molar-refractivity contribution is -0.143. The number of likely N-dealkylation sites (N-methyl/N-ethyl adjacent to an activating group) is 1. The van der Waals surface area contributed by atoms with Gasteiger partial charge < -0.3 is 24.8 Å². The number of carbonyl (C=O) groups is 3. The molecule has 0 saturated heterocycles. The third kappa shape index (κ3) is 7.60. The van der Waals surface area contributed by atoms with Crippen LogP contribution in [0.2, 0.25) is 0 Å². The number of nitrogens with one attached hydrogen (secondary N) is 2. The summed E-state index contributed by atoms with van der Waals surface area (Å²) in [7, 11) is 2.70. The van der Waals surface area contributed by atoms with Crippen molar-refractivity contribution in [3.63, 3.8) is 0 Å². The van der Waals surface area contributed by atoms with Gasteiger partial charge in [-0.2, -0.15) is 8.78 Å². The first kappa shape index (κ1) is 20.9. The van der Waals surface area contributed by atoms with Crippen LogP contribution in [-0.4, -0.2) is 51.7 Å². The summed E-state index contributed by atoms with van der Waals surface area (Å²) in [4.78, 5) is 33.9. The fraction of sp³-hybridized carbons (Fsp3) is 0.312. The van der Waals surface area contributed by atoms with Gasteiger partial charge >= 0.3 is 12.6 Å². The molecule has 0 spiro atoms. The molecule has 0 unspecified atom stereocenters. The quantitative estimate of drug-likeness (QED) is 0.489. The predicted molar refractivity (Wildman–Crippen MR) is 86.7 cm³/mol.